The van der Waals surface area contributed by atoms with Crippen LogP contribution in [-0.4, -0.2) is 30.9 Å². The summed E-state index contributed by atoms with van der Waals surface area (Å²) in [5.41, 5.74) is 4.87. The summed E-state index contributed by atoms with van der Waals surface area (Å²) in [6.07, 6.45) is 3.12. The molecule has 1 heterocycles. The second-order valence-corrected chi connectivity index (χ2v) is 6.65. The predicted octanol–water partition coefficient (Wildman–Crippen LogP) is 2.99. The van der Waals surface area contributed by atoms with E-state index in [0.717, 1.165) is 11.1 Å². The van der Waals surface area contributed by atoms with Gasteiger partial charge in [-0.2, -0.15) is 5.10 Å². The van der Waals surface area contributed by atoms with Gasteiger partial charge >= 0.3 is 0 Å². The molecule has 3 aromatic rings. The van der Waals surface area contributed by atoms with Gasteiger partial charge in [-0.15, -0.1) is 0 Å². The van der Waals surface area contributed by atoms with E-state index in [1.54, 1.807) is 37.6 Å². The lowest BCUT2D eigenvalue weighted by Gasteiger charge is -2.08. The van der Waals surface area contributed by atoms with Gasteiger partial charge < -0.3 is 14.0 Å². The number of carbonyl (C=O) groups excluding carboxylic acids is 1. The van der Waals surface area contributed by atoms with E-state index in [1.807, 2.05) is 31.2 Å². The lowest BCUT2D eigenvalue weighted by molar-refractivity contribution is 0.0953. The molecule has 30 heavy (non-hydrogen) atoms. The van der Waals surface area contributed by atoms with Gasteiger partial charge in [-0.25, -0.2) is 5.43 Å². The van der Waals surface area contributed by atoms with Crippen LogP contribution >= 0.6 is 0 Å². The lowest BCUT2D eigenvalue weighted by Crippen LogP contribution is -2.30. The maximum atomic E-state index is 12.7. The number of nitrogens with one attached hydrogen (secondary N) is 1. The van der Waals surface area contributed by atoms with Crippen molar-refractivity contribution in [3.8, 4) is 11.5 Å². The Bertz CT molecular complexity index is 1120. The molecule has 1 aromatic heterocycles. The number of aromatic nitrogens is 1. The van der Waals surface area contributed by atoms with Gasteiger partial charge in [0.2, 0.25) is 0 Å². The Morgan fingerprint density at radius 2 is 1.80 bits per heavy atom. The number of aryl methyl sites for hydroxylation is 1. The van der Waals surface area contributed by atoms with E-state index in [-0.39, 0.29) is 11.1 Å². The van der Waals surface area contributed by atoms with Crippen molar-refractivity contribution in [3.05, 3.63) is 93.4 Å². The first-order chi connectivity index (χ1) is 14.5. The number of pyridine rings is 1. The van der Waals surface area contributed by atoms with E-state index < -0.39 is 5.91 Å². The zero-order valence-electron chi connectivity index (χ0n) is 17.1. The third kappa shape index (κ3) is 4.94. The van der Waals surface area contributed by atoms with Crippen LogP contribution in [0.15, 0.2) is 70.7 Å². The molecule has 154 valence electrons. The minimum atomic E-state index is -0.574. The molecular formula is C23H23N3O4. The van der Waals surface area contributed by atoms with Crippen molar-refractivity contribution in [2.45, 2.75) is 13.5 Å². The third-order valence-electron chi connectivity index (χ3n) is 4.53. The molecule has 0 unspecified atom stereocenters. The number of amides is 1. The average Bonchev–Trinajstić information content (AvgIpc) is 2.76. The Morgan fingerprint density at radius 1 is 1.07 bits per heavy atom. The van der Waals surface area contributed by atoms with Gasteiger partial charge in [-0.1, -0.05) is 29.8 Å². The fraction of sp³-hybridized carbons (Fsp3) is 0.174. The summed E-state index contributed by atoms with van der Waals surface area (Å²) < 4.78 is 11.9. The summed E-state index contributed by atoms with van der Waals surface area (Å²) in [5, 5.41) is 3.94. The van der Waals surface area contributed by atoms with Crippen LogP contribution < -0.4 is 20.5 Å². The summed E-state index contributed by atoms with van der Waals surface area (Å²) in [4.78, 5) is 25.1. The lowest BCUT2D eigenvalue weighted by atomic mass is 10.1. The van der Waals surface area contributed by atoms with E-state index in [1.165, 1.54) is 24.0 Å². The molecule has 2 aromatic carbocycles. The number of hydrogen-bond donors (Lipinski definition) is 1. The summed E-state index contributed by atoms with van der Waals surface area (Å²) in [7, 11) is 3.09. The molecule has 0 radical (unpaired) electrons. The number of nitrogens with zero attached hydrogens (tertiary/aromatic N) is 2. The van der Waals surface area contributed by atoms with E-state index in [4.69, 9.17) is 9.47 Å². The Morgan fingerprint density at radius 3 is 2.50 bits per heavy atom. The van der Waals surface area contributed by atoms with Gasteiger partial charge in [-0.3, -0.25) is 9.59 Å². The maximum absolute atomic E-state index is 12.7. The maximum Gasteiger partial charge on any atom is 0.276 e. The van der Waals surface area contributed by atoms with Crippen molar-refractivity contribution >= 4 is 12.1 Å². The van der Waals surface area contributed by atoms with Crippen LogP contribution in [0, 0.1) is 6.92 Å². The van der Waals surface area contributed by atoms with E-state index in [9.17, 15) is 9.59 Å². The molecule has 1 amide bonds. The van der Waals surface area contributed by atoms with Crippen molar-refractivity contribution < 1.29 is 14.3 Å². The molecule has 0 saturated heterocycles. The van der Waals surface area contributed by atoms with Crippen LogP contribution in [-0.2, 0) is 6.54 Å². The normalized spacial score (nSPS) is 10.8. The molecule has 0 atom stereocenters. The smallest absolute Gasteiger partial charge is 0.276 e. The Labute approximate surface area is 174 Å². The molecule has 0 fully saturated rings. The fourth-order valence-corrected chi connectivity index (χ4v) is 2.88. The second kappa shape index (κ2) is 9.56. The molecule has 0 aliphatic rings. The van der Waals surface area contributed by atoms with Crippen molar-refractivity contribution in [2.75, 3.05) is 14.2 Å². The summed E-state index contributed by atoms with van der Waals surface area (Å²) >= 11 is 0. The number of carbonyl (C=O) groups is 1. The van der Waals surface area contributed by atoms with Crippen LogP contribution in [0.2, 0.25) is 0 Å². The van der Waals surface area contributed by atoms with Gasteiger partial charge in [0.15, 0.2) is 11.5 Å². The number of hydrazone groups is 1. The molecule has 0 aliphatic heterocycles. The van der Waals surface area contributed by atoms with Crippen LogP contribution in [0.1, 0.15) is 27.0 Å². The van der Waals surface area contributed by atoms with Crippen molar-refractivity contribution in [1.82, 2.24) is 9.99 Å². The van der Waals surface area contributed by atoms with Gasteiger partial charge in [0.05, 0.1) is 27.0 Å². The molecule has 7 heteroatoms. The highest BCUT2D eigenvalue weighted by Gasteiger charge is 2.12. The summed E-state index contributed by atoms with van der Waals surface area (Å²) in [6.45, 7) is 2.39. The van der Waals surface area contributed by atoms with Crippen molar-refractivity contribution in [1.29, 1.82) is 0 Å². The molecule has 0 bridgehead atoms. The van der Waals surface area contributed by atoms with Crippen LogP contribution in [0.5, 0.6) is 11.5 Å². The van der Waals surface area contributed by atoms with Crippen LogP contribution in [0.25, 0.3) is 0 Å². The zero-order chi connectivity index (χ0) is 21.5. The molecule has 1 N–H and O–H groups in total. The van der Waals surface area contributed by atoms with E-state index in [0.29, 0.717) is 23.6 Å². The number of benzene rings is 2. The monoisotopic (exact) mass is 405 g/mol. The van der Waals surface area contributed by atoms with Gasteiger partial charge in [0.25, 0.3) is 11.5 Å². The van der Waals surface area contributed by atoms with Gasteiger partial charge in [0, 0.05) is 6.20 Å². The van der Waals surface area contributed by atoms with E-state index in [2.05, 4.69) is 10.5 Å². The number of ether oxygens (including phenoxy) is 2. The first-order valence-corrected chi connectivity index (χ1v) is 9.32. The second-order valence-electron chi connectivity index (χ2n) is 6.65. The first kappa shape index (κ1) is 20.9. The number of rotatable bonds is 7. The summed E-state index contributed by atoms with van der Waals surface area (Å²) in [6, 6.07) is 16.3. The van der Waals surface area contributed by atoms with Crippen molar-refractivity contribution in [3.63, 3.8) is 0 Å². The third-order valence-corrected chi connectivity index (χ3v) is 4.53. The first-order valence-electron chi connectivity index (χ1n) is 9.32. The Hall–Kier alpha value is -3.87. The SMILES string of the molecule is COc1ccc(/C=N\NC(=O)c2cccn(Cc3ccc(C)cc3)c2=O)cc1OC. The topological polar surface area (TPSA) is 81.9 Å². The minimum absolute atomic E-state index is 0.0223. The number of methoxy groups -OCH3 is 2. The number of hydrogen-bond acceptors (Lipinski definition) is 5. The van der Waals surface area contributed by atoms with Crippen LogP contribution in [0.3, 0.4) is 0 Å². The van der Waals surface area contributed by atoms with Crippen molar-refractivity contribution in [2.24, 2.45) is 5.10 Å². The van der Waals surface area contributed by atoms with Gasteiger partial charge in [0.1, 0.15) is 5.56 Å². The predicted molar refractivity (Wildman–Crippen MR) is 116 cm³/mol. The summed E-state index contributed by atoms with van der Waals surface area (Å²) in [5.74, 6) is 0.571. The zero-order valence-corrected chi connectivity index (χ0v) is 17.1. The molecule has 7 nitrogen and oxygen atoms in total. The van der Waals surface area contributed by atoms with E-state index >= 15 is 0 Å². The standard InChI is InChI=1S/C23H23N3O4/c1-16-6-8-17(9-7-16)15-26-12-4-5-19(23(26)28)22(27)25-24-14-18-10-11-20(29-2)21(13-18)30-3/h4-14H,15H2,1-3H3,(H,25,27)/b24-14-. The molecule has 0 aliphatic carbocycles. The van der Waals surface area contributed by atoms with Crippen LogP contribution in [0.4, 0.5) is 0 Å². The molecule has 0 spiro atoms. The highest BCUT2D eigenvalue weighted by Crippen LogP contribution is 2.26. The highest BCUT2D eigenvalue weighted by molar-refractivity contribution is 5.94. The van der Waals surface area contributed by atoms with Gasteiger partial charge in [-0.05, 0) is 48.4 Å². The molecule has 3 rings (SSSR count). The molecule has 0 saturated carbocycles. The highest BCUT2D eigenvalue weighted by atomic mass is 16.5. The Balaban J connectivity index is 1.72. The largest absolute Gasteiger partial charge is 0.493 e. The Kier molecular flexibility index (Phi) is 6.64. The quantitative estimate of drug-likeness (QED) is 0.484. The minimum Gasteiger partial charge on any atom is -0.493 e. The average molecular weight is 405 g/mol. The molecular weight excluding hydrogens is 382 g/mol. The fourth-order valence-electron chi connectivity index (χ4n) is 2.88.